The van der Waals surface area contributed by atoms with Gasteiger partial charge >= 0.3 is 0 Å². The third kappa shape index (κ3) is 4.18. The van der Waals surface area contributed by atoms with Crippen LogP contribution in [-0.4, -0.2) is 25.4 Å². The van der Waals surface area contributed by atoms with Gasteiger partial charge < -0.3 is 0 Å². The molecule has 3 rings (SSSR count). The van der Waals surface area contributed by atoms with Gasteiger partial charge in [0.05, 0.1) is 11.8 Å². The molecular weight excluding hydrogens is 340 g/mol. The topological polar surface area (TPSA) is 59.1 Å². The van der Waals surface area contributed by atoms with Gasteiger partial charge in [0.2, 0.25) is 10.0 Å². The van der Waals surface area contributed by atoms with Crippen LogP contribution in [0.25, 0.3) is 11.1 Å². The summed E-state index contributed by atoms with van der Waals surface area (Å²) in [7, 11) is -3.24. The van der Waals surface area contributed by atoms with E-state index >= 15 is 0 Å². The molecule has 1 unspecified atom stereocenters. The second-order valence-corrected chi connectivity index (χ2v) is 8.99. The van der Waals surface area contributed by atoms with E-state index in [4.69, 9.17) is 0 Å². The number of nitrogens with one attached hydrogen (secondary N) is 1. The Kier molecular flexibility index (Phi) is 5.27. The van der Waals surface area contributed by atoms with Gasteiger partial charge in [-0.3, -0.25) is 4.98 Å². The van der Waals surface area contributed by atoms with Crippen LogP contribution in [0.1, 0.15) is 31.4 Å². The molecule has 0 saturated heterocycles. The zero-order chi connectivity index (χ0) is 17.2. The number of rotatable bonds is 7. The van der Waals surface area contributed by atoms with Crippen LogP contribution < -0.4 is 4.72 Å². The second-order valence-electron chi connectivity index (χ2n) is 6.07. The number of aromatic nitrogens is 1. The molecule has 0 radical (unpaired) electrons. The van der Waals surface area contributed by atoms with Crippen LogP contribution in [-0.2, 0) is 10.0 Å². The van der Waals surface area contributed by atoms with Crippen molar-refractivity contribution < 1.29 is 8.42 Å². The smallest absolute Gasteiger partial charge is 0.211 e. The van der Waals surface area contributed by atoms with Crippen molar-refractivity contribution in [1.29, 1.82) is 0 Å². The lowest BCUT2D eigenvalue weighted by Gasteiger charge is -2.18. The van der Waals surface area contributed by atoms with E-state index in [9.17, 15) is 8.42 Å². The summed E-state index contributed by atoms with van der Waals surface area (Å²) in [5, 5.41) is 0. The molecule has 128 valence electrons. The van der Waals surface area contributed by atoms with Crippen LogP contribution in [0.2, 0.25) is 0 Å². The predicted molar refractivity (Wildman–Crippen MR) is 99.5 cm³/mol. The summed E-state index contributed by atoms with van der Waals surface area (Å²) in [6, 6.07) is 10.2. The molecule has 1 heterocycles. The van der Waals surface area contributed by atoms with Gasteiger partial charge in [0.25, 0.3) is 0 Å². The molecule has 1 aromatic heterocycles. The zero-order valence-corrected chi connectivity index (χ0v) is 15.5. The minimum absolute atomic E-state index is 0.0967. The third-order valence-electron chi connectivity index (χ3n) is 4.32. The Labute approximate surface area is 148 Å². The number of nitrogens with zero attached hydrogens (tertiary/aromatic N) is 1. The van der Waals surface area contributed by atoms with Crippen molar-refractivity contribution in [2.45, 2.75) is 30.7 Å². The molecule has 1 aliphatic rings. The van der Waals surface area contributed by atoms with E-state index in [-0.39, 0.29) is 11.8 Å². The van der Waals surface area contributed by atoms with Gasteiger partial charge in [-0.05, 0) is 61.3 Å². The minimum atomic E-state index is -3.24. The lowest BCUT2D eigenvalue weighted by atomic mass is 10.0. The first-order chi connectivity index (χ1) is 11.5. The fourth-order valence-electron chi connectivity index (χ4n) is 2.71. The van der Waals surface area contributed by atoms with Crippen molar-refractivity contribution in [3.05, 3.63) is 48.3 Å². The van der Waals surface area contributed by atoms with E-state index in [2.05, 4.69) is 46.3 Å². The highest BCUT2D eigenvalue weighted by atomic mass is 32.2. The van der Waals surface area contributed by atoms with Crippen LogP contribution in [0.3, 0.4) is 0 Å². The molecule has 0 aliphatic heterocycles. The summed E-state index contributed by atoms with van der Waals surface area (Å²) in [4.78, 5) is 5.57. The quantitative estimate of drug-likeness (QED) is 0.760. The molecule has 0 amide bonds. The molecule has 1 aromatic carbocycles. The van der Waals surface area contributed by atoms with Crippen molar-refractivity contribution >= 4 is 21.8 Å². The highest BCUT2D eigenvalue weighted by Crippen LogP contribution is 2.41. The molecule has 4 nitrogen and oxygen atoms in total. The van der Waals surface area contributed by atoms with Gasteiger partial charge in [-0.1, -0.05) is 12.1 Å². The van der Waals surface area contributed by atoms with E-state index < -0.39 is 10.0 Å². The van der Waals surface area contributed by atoms with Crippen LogP contribution >= 0.6 is 11.8 Å². The molecule has 0 spiro atoms. The second kappa shape index (κ2) is 7.25. The van der Waals surface area contributed by atoms with Gasteiger partial charge in [-0.2, -0.15) is 0 Å². The molecule has 1 N–H and O–H groups in total. The zero-order valence-electron chi connectivity index (χ0n) is 13.9. The molecule has 1 atom stereocenters. The fourth-order valence-corrected chi connectivity index (χ4v) is 4.00. The molecule has 1 fully saturated rings. The summed E-state index contributed by atoms with van der Waals surface area (Å²) in [6.07, 6.45) is 7.78. The number of hydrogen-bond donors (Lipinski definition) is 1. The Morgan fingerprint density at radius 3 is 2.50 bits per heavy atom. The van der Waals surface area contributed by atoms with E-state index in [0.29, 0.717) is 5.92 Å². The largest absolute Gasteiger partial charge is 0.264 e. The molecule has 6 heteroatoms. The SMILES string of the molecule is CCS(=O)(=O)NC(c1cncc(-c2ccc(SC)cc2)c1)C1CC1. The Balaban J connectivity index is 1.90. The van der Waals surface area contributed by atoms with Crippen molar-refractivity contribution in [3.63, 3.8) is 0 Å². The maximum atomic E-state index is 12.0. The predicted octanol–water partition coefficient (Wildman–Crippen LogP) is 3.86. The van der Waals surface area contributed by atoms with Crippen molar-refractivity contribution in [3.8, 4) is 11.1 Å². The van der Waals surface area contributed by atoms with Crippen molar-refractivity contribution in [2.24, 2.45) is 5.92 Å². The highest BCUT2D eigenvalue weighted by molar-refractivity contribution is 7.98. The summed E-state index contributed by atoms with van der Waals surface area (Å²) < 4.78 is 26.9. The number of benzene rings is 1. The lowest BCUT2D eigenvalue weighted by Crippen LogP contribution is -2.31. The molecule has 0 bridgehead atoms. The van der Waals surface area contributed by atoms with Crippen LogP contribution in [0.15, 0.2) is 47.6 Å². The van der Waals surface area contributed by atoms with Gasteiger partial charge in [0, 0.05) is 22.9 Å². The van der Waals surface area contributed by atoms with Gasteiger partial charge in [0.1, 0.15) is 0 Å². The number of pyridine rings is 1. The maximum absolute atomic E-state index is 12.0. The molecular formula is C18H22N2O2S2. The van der Waals surface area contributed by atoms with Gasteiger partial charge in [-0.25, -0.2) is 13.1 Å². The first-order valence-corrected chi connectivity index (χ1v) is 11.0. The Morgan fingerprint density at radius 2 is 1.92 bits per heavy atom. The summed E-state index contributed by atoms with van der Waals surface area (Å²) in [5.74, 6) is 0.474. The molecule has 24 heavy (non-hydrogen) atoms. The Bertz CT molecular complexity index is 800. The number of sulfonamides is 1. The summed E-state index contributed by atoms with van der Waals surface area (Å²) in [5.41, 5.74) is 3.05. The molecule has 2 aromatic rings. The van der Waals surface area contributed by atoms with Crippen LogP contribution in [0, 0.1) is 5.92 Å². The van der Waals surface area contributed by atoms with E-state index in [1.165, 1.54) is 4.90 Å². The summed E-state index contributed by atoms with van der Waals surface area (Å²) >= 11 is 1.71. The Morgan fingerprint density at radius 1 is 1.21 bits per heavy atom. The maximum Gasteiger partial charge on any atom is 0.211 e. The van der Waals surface area contributed by atoms with E-state index in [1.807, 2.05) is 6.20 Å². The average Bonchev–Trinajstić information content (AvgIpc) is 3.45. The molecule has 1 aliphatic carbocycles. The van der Waals surface area contributed by atoms with Gasteiger partial charge in [-0.15, -0.1) is 11.8 Å². The number of hydrogen-bond acceptors (Lipinski definition) is 4. The first kappa shape index (κ1) is 17.5. The van der Waals surface area contributed by atoms with Crippen molar-refractivity contribution in [2.75, 3.05) is 12.0 Å². The van der Waals surface area contributed by atoms with Crippen molar-refractivity contribution in [1.82, 2.24) is 9.71 Å². The lowest BCUT2D eigenvalue weighted by molar-refractivity contribution is 0.529. The van der Waals surface area contributed by atoms with E-state index in [0.717, 1.165) is 29.5 Å². The minimum Gasteiger partial charge on any atom is -0.264 e. The van der Waals surface area contributed by atoms with Gasteiger partial charge in [0.15, 0.2) is 0 Å². The standard InChI is InChI=1S/C18H22N2O2S2/c1-3-24(21,22)20-18(14-4-5-14)16-10-15(11-19-12-16)13-6-8-17(23-2)9-7-13/h6-12,14,18,20H,3-5H2,1-2H3. The average molecular weight is 363 g/mol. The van der Waals surface area contributed by atoms with E-state index in [1.54, 1.807) is 24.9 Å². The fraction of sp³-hybridized carbons (Fsp3) is 0.389. The van der Waals surface area contributed by atoms with Crippen LogP contribution in [0.4, 0.5) is 0 Å². The third-order valence-corrected chi connectivity index (χ3v) is 6.44. The Hall–Kier alpha value is -1.37. The monoisotopic (exact) mass is 362 g/mol. The highest BCUT2D eigenvalue weighted by Gasteiger charge is 2.35. The normalized spacial score (nSPS) is 16.1. The summed E-state index contributed by atoms with van der Waals surface area (Å²) in [6.45, 7) is 1.66. The molecule has 1 saturated carbocycles. The first-order valence-electron chi connectivity index (χ1n) is 8.12. The number of thioether (sulfide) groups is 1. The van der Waals surface area contributed by atoms with Crippen LogP contribution in [0.5, 0.6) is 0 Å².